The molecule has 1 aromatic rings. The first-order valence-electron chi connectivity index (χ1n) is 7.00. The molecule has 2 rings (SSSR count). The first-order chi connectivity index (χ1) is 9.40. The number of para-hydroxylation sites is 1. The minimum atomic E-state index is 0.305. The van der Waals surface area contributed by atoms with Gasteiger partial charge in [-0.05, 0) is 18.9 Å². The maximum atomic E-state index is 5.71. The van der Waals surface area contributed by atoms with Crippen LogP contribution in [0.4, 0.5) is 0 Å². The molecular weight excluding hydrogens is 242 g/mol. The fourth-order valence-corrected chi connectivity index (χ4v) is 2.15. The summed E-state index contributed by atoms with van der Waals surface area (Å²) in [6.45, 7) is 3.46. The molecule has 1 saturated heterocycles. The molecule has 1 atom stereocenters. The first kappa shape index (κ1) is 14.3. The summed E-state index contributed by atoms with van der Waals surface area (Å²) in [7, 11) is 0. The largest absolute Gasteiger partial charge is 0.493 e. The van der Waals surface area contributed by atoms with Crippen LogP contribution in [0.15, 0.2) is 24.3 Å². The second-order valence-electron chi connectivity index (χ2n) is 4.72. The summed E-state index contributed by atoms with van der Waals surface area (Å²) >= 11 is 0. The van der Waals surface area contributed by atoms with Crippen molar-refractivity contribution < 1.29 is 14.2 Å². The van der Waals surface area contributed by atoms with Crippen molar-refractivity contribution in [1.29, 1.82) is 0 Å². The monoisotopic (exact) mass is 265 g/mol. The molecule has 0 bridgehead atoms. The molecule has 0 amide bonds. The predicted molar refractivity (Wildman–Crippen MR) is 74.2 cm³/mol. The molecular formula is C15H23NO3. The molecule has 1 aromatic carbocycles. The molecule has 0 aliphatic carbocycles. The van der Waals surface area contributed by atoms with Gasteiger partial charge >= 0.3 is 0 Å². The van der Waals surface area contributed by atoms with Gasteiger partial charge in [-0.15, -0.1) is 0 Å². The zero-order valence-corrected chi connectivity index (χ0v) is 11.3. The molecule has 1 aliphatic rings. The maximum Gasteiger partial charge on any atom is 0.123 e. The van der Waals surface area contributed by atoms with Crippen LogP contribution in [0.5, 0.6) is 5.75 Å². The fourth-order valence-electron chi connectivity index (χ4n) is 2.15. The van der Waals surface area contributed by atoms with Crippen LogP contribution in [0, 0.1) is 0 Å². The molecule has 106 valence electrons. The molecule has 4 nitrogen and oxygen atoms in total. The van der Waals surface area contributed by atoms with Crippen LogP contribution in [0.3, 0.4) is 0 Å². The normalized spacial score (nSPS) is 18.7. The number of ether oxygens (including phenoxy) is 3. The molecule has 0 radical (unpaired) electrons. The fraction of sp³-hybridized carbons (Fsp3) is 0.600. The van der Waals surface area contributed by atoms with E-state index < -0.39 is 0 Å². The highest BCUT2D eigenvalue weighted by molar-refractivity contribution is 5.32. The Hall–Kier alpha value is -1.10. The Labute approximate surface area is 114 Å². The highest BCUT2D eigenvalue weighted by atomic mass is 16.5. The van der Waals surface area contributed by atoms with Crippen molar-refractivity contribution in [3.8, 4) is 5.75 Å². The third kappa shape index (κ3) is 4.82. The van der Waals surface area contributed by atoms with Crippen molar-refractivity contribution in [2.45, 2.75) is 31.9 Å². The van der Waals surface area contributed by atoms with E-state index in [0.717, 1.165) is 37.2 Å². The molecule has 0 aromatic heterocycles. The molecule has 1 fully saturated rings. The smallest absolute Gasteiger partial charge is 0.123 e. The van der Waals surface area contributed by atoms with Gasteiger partial charge in [0, 0.05) is 31.7 Å². The van der Waals surface area contributed by atoms with E-state index in [0.29, 0.717) is 32.5 Å². The van der Waals surface area contributed by atoms with Crippen molar-refractivity contribution in [1.82, 2.24) is 0 Å². The van der Waals surface area contributed by atoms with E-state index in [-0.39, 0.29) is 0 Å². The van der Waals surface area contributed by atoms with Crippen molar-refractivity contribution in [2.75, 3.05) is 26.4 Å². The van der Waals surface area contributed by atoms with Crippen LogP contribution in [0.1, 0.15) is 24.8 Å². The van der Waals surface area contributed by atoms with Gasteiger partial charge in [0.15, 0.2) is 0 Å². The summed E-state index contributed by atoms with van der Waals surface area (Å²) < 4.78 is 16.8. The van der Waals surface area contributed by atoms with E-state index in [1.807, 2.05) is 24.3 Å². The van der Waals surface area contributed by atoms with Crippen LogP contribution in [0.2, 0.25) is 0 Å². The van der Waals surface area contributed by atoms with Gasteiger partial charge in [-0.3, -0.25) is 0 Å². The molecule has 1 unspecified atom stereocenters. The van der Waals surface area contributed by atoms with Gasteiger partial charge in [0.05, 0.1) is 19.3 Å². The van der Waals surface area contributed by atoms with Crippen LogP contribution in [0.25, 0.3) is 0 Å². The zero-order chi connectivity index (χ0) is 13.3. The quantitative estimate of drug-likeness (QED) is 0.731. The minimum absolute atomic E-state index is 0.305. The topological polar surface area (TPSA) is 53.7 Å². The second-order valence-corrected chi connectivity index (χ2v) is 4.72. The van der Waals surface area contributed by atoms with Gasteiger partial charge in [-0.25, -0.2) is 0 Å². The summed E-state index contributed by atoms with van der Waals surface area (Å²) in [5, 5.41) is 0. The van der Waals surface area contributed by atoms with Crippen LogP contribution >= 0.6 is 0 Å². The Bertz CT molecular complexity index is 364. The Kier molecular flexibility index (Phi) is 6.14. The van der Waals surface area contributed by atoms with Gasteiger partial charge in [-0.2, -0.15) is 0 Å². The van der Waals surface area contributed by atoms with Gasteiger partial charge in [0.25, 0.3) is 0 Å². The van der Waals surface area contributed by atoms with Gasteiger partial charge in [0.2, 0.25) is 0 Å². The summed E-state index contributed by atoms with van der Waals surface area (Å²) in [5.41, 5.74) is 6.70. The summed E-state index contributed by atoms with van der Waals surface area (Å²) in [6.07, 6.45) is 3.47. The average molecular weight is 265 g/mol. The van der Waals surface area contributed by atoms with Gasteiger partial charge < -0.3 is 19.9 Å². The third-order valence-corrected chi connectivity index (χ3v) is 3.21. The number of hydrogen-bond donors (Lipinski definition) is 1. The van der Waals surface area contributed by atoms with Crippen LogP contribution < -0.4 is 10.5 Å². The summed E-state index contributed by atoms with van der Waals surface area (Å²) in [4.78, 5) is 0. The summed E-state index contributed by atoms with van der Waals surface area (Å²) in [6, 6.07) is 7.88. The van der Waals surface area contributed by atoms with Crippen molar-refractivity contribution in [3.05, 3.63) is 29.8 Å². The lowest BCUT2D eigenvalue weighted by Gasteiger charge is -2.12. The van der Waals surface area contributed by atoms with E-state index in [1.165, 1.54) is 0 Å². The molecule has 1 aliphatic heterocycles. The lowest BCUT2D eigenvalue weighted by molar-refractivity contribution is 0.0141. The minimum Gasteiger partial charge on any atom is -0.493 e. The SMILES string of the molecule is NCc1ccccc1OCCCOCC1CCCO1. The van der Waals surface area contributed by atoms with Crippen LogP contribution in [-0.2, 0) is 16.0 Å². The Morgan fingerprint density at radius 3 is 2.95 bits per heavy atom. The van der Waals surface area contributed by atoms with Gasteiger partial charge in [0.1, 0.15) is 5.75 Å². The summed E-state index contributed by atoms with van der Waals surface area (Å²) in [5.74, 6) is 0.879. The molecule has 19 heavy (non-hydrogen) atoms. The standard InChI is InChI=1S/C15H23NO3/c16-11-13-5-1-2-7-15(13)19-10-4-8-17-12-14-6-3-9-18-14/h1-2,5,7,14H,3-4,6,8-12,16H2. The predicted octanol–water partition coefficient (Wildman–Crippen LogP) is 2.11. The van der Waals surface area contributed by atoms with E-state index in [4.69, 9.17) is 19.9 Å². The highest BCUT2D eigenvalue weighted by Gasteiger charge is 2.14. The Morgan fingerprint density at radius 2 is 2.16 bits per heavy atom. The number of benzene rings is 1. The van der Waals surface area contributed by atoms with Crippen molar-refractivity contribution in [3.63, 3.8) is 0 Å². The molecule has 2 N–H and O–H groups in total. The van der Waals surface area contributed by atoms with E-state index >= 15 is 0 Å². The third-order valence-electron chi connectivity index (χ3n) is 3.21. The van der Waals surface area contributed by atoms with E-state index in [9.17, 15) is 0 Å². The number of hydrogen-bond acceptors (Lipinski definition) is 4. The molecule has 4 heteroatoms. The molecule has 0 spiro atoms. The lowest BCUT2D eigenvalue weighted by atomic mass is 10.2. The van der Waals surface area contributed by atoms with E-state index in [1.54, 1.807) is 0 Å². The first-order valence-corrected chi connectivity index (χ1v) is 7.00. The molecule has 1 heterocycles. The second kappa shape index (κ2) is 8.15. The Morgan fingerprint density at radius 1 is 1.26 bits per heavy atom. The number of rotatable bonds is 8. The maximum absolute atomic E-state index is 5.71. The van der Waals surface area contributed by atoms with Crippen molar-refractivity contribution >= 4 is 0 Å². The Balaban J connectivity index is 1.56. The van der Waals surface area contributed by atoms with Crippen LogP contribution in [-0.4, -0.2) is 32.5 Å². The average Bonchev–Trinajstić information content (AvgIpc) is 2.96. The highest BCUT2D eigenvalue weighted by Crippen LogP contribution is 2.17. The number of nitrogens with two attached hydrogens (primary N) is 1. The lowest BCUT2D eigenvalue weighted by Crippen LogP contribution is -2.15. The van der Waals surface area contributed by atoms with Gasteiger partial charge in [-0.1, -0.05) is 18.2 Å². The molecule has 0 saturated carbocycles. The van der Waals surface area contributed by atoms with E-state index in [2.05, 4.69) is 0 Å². The van der Waals surface area contributed by atoms with Crippen molar-refractivity contribution in [2.24, 2.45) is 5.73 Å². The zero-order valence-electron chi connectivity index (χ0n) is 11.3.